The summed E-state index contributed by atoms with van der Waals surface area (Å²) in [7, 11) is 0. The average molecular weight is 344 g/mol. The maximum Gasteiger partial charge on any atom is 0.319 e. The van der Waals surface area contributed by atoms with Crippen molar-refractivity contribution in [3.8, 4) is 0 Å². The molecular formula is C17H16N2O2S2. The van der Waals surface area contributed by atoms with Gasteiger partial charge >= 0.3 is 6.03 Å². The standard InChI is InChI=1S/C17H16N2O2S2/c20-16(19-14-5-2-1-3-6-14)18-12-17(21,13-8-10-22-11-13)15-7-4-9-23-15/h1-11,21H,12H2,(H2,18,19,20)/t17-/m1/s1. The van der Waals surface area contributed by atoms with Crippen molar-refractivity contribution in [3.63, 3.8) is 0 Å². The van der Waals surface area contributed by atoms with E-state index in [4.69, 9.17) is 0 Å². The Morgan fingerprint density at radius 3 is 2.57 bits per heavy atom. The zero-order valence-electron chi connectivity index (χ0n) is 12.2. The van der Waals surface area contributed by atoms with Crippen LogP contribution in [-0.2, 0) is 5.60 Å². The quantitative estimate of drug-likeness (QED) is 0.658. The Balaban J connectivity index is 1.72. The predicted octanol–water partition coefficient (Wildman–Crippen LogP) is 3.87. The van der Waals surface area contributed by atoms with Gasteiger partial charge in [-0.05, 0) is 40.4 Å². The molecule has 3 rings (SSSR count). The van der Waals surface area contributed by atoms with Gasteiger partial charge in [-0.2, -0.15) is 11.3 Å². The van der Waals surface area contributed by atoms with Crippen LogP contribution in [0.15, 0.2) is 64.7 Å². The molecule has 2 aromatic heterocycles. The van der Waals surface area contributed by atoms with Crippen LogP contribution in [0.1, 0.15) is 10.4 Å². The molecule has 4 nitrogen and oxygen atoms in total. The first-order valence-corrected chi connectivity index (χ1v) is 8.90. The van der Waals surface area contributed by atoms with E-state index in [9.17, 15) is 9.90 Å². The highest BCUT2D eigenvalue weighted by Gasteiger charge is 2.33. The number of nitrogens with one attached hydrogen (secondary N) is 2. The molecule has 0 bridgehead atoms. The Labute approximate surface area is 142 Å². The number of hydrogen-bond donors (Lipinski definition) is 3. The summed E-state index contributed by atoms with van der Waals surface area (Å²) in [5.41, 5.74) is 0.271. The second-order valence-electron chi connectivity index (χ2n) is 5.02. The van der Waals surface area contributed by atoms with Crippen LogP contribution in [0.2, 0.25) is 0 Å². The third-order valence-electron chi connectivity index (χ3n) is 3.46. The van der Waals surface area contributed by atoms with Crippen LogP contribution in [0.5, 0.6) is 0 Å². The number of carbonyl (C=O) groups excluding carboxylic acids is 1. The molecule has 3 aromatic rings. The van der Waals surface area contributed by atoms with E-state index in [2.05, 4.69) is 10.6 Å². The largest absolute Gasteiger partial charge is 0.378 e. The molecule has 0 spiro atoms. The molecule has 0 aliphatic heterocycles. The van der Waals surface area contributed by atoms with E-state index in [1.807, 2.05) is 64.7 Å². The summed E-state index contributed by atoms with van der Waals surface area (Å²) in [6, 6.07) is 14.5. The fourth-order valence-corrected chi connectivity index (χ4v) is 3.82. The molecule has 0 radical (unpaired) electrons. The van der Waals surface area contributed by atoms with Crippen molar-refractivity contribution in [2.45, 2.75) is 5.60 Å². The number of urea groups is 1. The fraction of sp³-hybridized carbons (Fsp3) is 0.118. The molecule has 0 aliphatic carbocycles. The fourth-order valence-electron chi connectivity index (χ4n) is 2.25. The SMILES string of the molecule is O=C(NC[C@@](O)(c1ccsc1)c1cccs1)Nc1ccccc1. The van der Waals surface area contributed by atoms with Gasteiger partial charge < -0.3 is 15.7 Å². The van der Waals surface area contributed by atoms with Gasteiger partial charge in [-0.1, -0.05) is 24.3 Å². The normalized spacial score (nSPS) is 13.3. The number of hydrogen-bond acceptors (Lipinski definition) is 4. The molecular weight excluding hydrogens is 328 g/mol. The van der Waals surface area contributed by atoms with Crippen LogP contribution >= 0.6 is 22.7 Å². The zero-order valence-corrected chi connectivity index (χ0v) is 13.9. The Morgan fingerprint density at radius 1 is 1.09 bits per heavy atom. The molecule has 1 aromatic carbocycles. The summed E-state index contributed by atoms with van der Waals surface area (Å²) in [5.74, 6) is 0. The molecule has 3 N–H and O–H groups in total. The van der Waals surface area contributed by atoms with Gasteiger partial charge in [-0.15, -0.1) is 11.3 Å². The van der Waals surface area contributed by atoms with Crippen molar-refractivity contribution in [2.75, 3.05) is 11.9 Å². The van der Waals surface area contributed by atoms with E-state index >= 15 is 0 Å². The van der Waals surface area contributed by atoms with Crippen LogP contribution in [0.3, 0.4) is 0 Å². The number of rotatable bonds is 5. The molecule has 23 heavy (non-hydrogen) atoms. The summed E-state index contributed by atoms with van der Waals surface area (Å²) >= 11 is 2.98. The number of thiophene rings is 2. The monoisotopic (exact) mass is 344 g/mol. The maximum atomic E-state index is 12.1. The summed E-state index contributed by atoms with van der Waals surface area (Å²) in [6.45, 7) is 0.100. The zero-order chi connectivity index (χ0) is 16.1. The van der Waals surface area contributed by atoms with Crippen molar-refractivity contribution in [1.82, 2.24) is 5.32 Å². The topological polar surface area (TPSA) is 61.4 Å². The van der Waals surface area contributed by atoms with E-state index in [1.54, 1.807) is 0 Å². The molecule has 1 atom stereocenters. The number of benzene rings is 1. The highest BCUT2D eigenvalue weighted by atomic mass is 32.1. The van der Waals surface area contributed by atoms with Gasteiger partial charge in [-0.3, -0.25) is 0 Å². The molecule has 0 saturated carbocycles. The molecule has 0 aliphatic rings. The van der Waals surface area contributed by atoms with Crippen molar-refractivity contribution in [2.24, 2.45) is 0 Å². The number of aliphatic hydroxyl groups is 1. The lowest BCUT2D eigenvalue weighted by molar-refractivity contribution is 0.0871. The Hall–Kier alpha value is -2.15. The van der Waals surface area contributed by atoms with Gasteiger partial charge in [0.1, 0.15) is 5.60 Å². The predicted molar refractivity (Wildman–Crippen MR) is 95.1 cm³/mol. The van der Waals surface area contributed by atoms with Crippen LogP contribution in [0, 0.1) is 0 Å². The lowest BCUT2D eigenvalue weighted by Crippen LogP contribution is -2.42. The van der Waals surface area contributed by atoms with Crippen molar-refractivity contribution in [1.29, 1.82) is 0 Å². The smallest absolute Gasteiger partial charge is 0.319 e. The molecule has 118 valence electrons. The Morgan fingerprint density at radius 2 is 1.91 bits per heavy atom. The Kier molecular flexibility index (Phi) is 4.76. The minimum atomic E-state index is -1.22. The molecule has 0 fully saturated rings. The first-order chi connectivity index (χ1) is 11.2. The van der Waals surface area contributed by atoms with Crippen molar-refractivity contribution in [3.05, 3.63) is 75.1 Å². The van der Waals surface area contributed by atoms with Crippen molar-refractivity contribution >= 4 is 34.4 Å². The highest BCUT2D eigenvalue weighted by molar-refractivity contribution is 7.10. The van der Waals surface area contributed by atoms with E-state index in [-0.39, 0.29) is 12.6 Å². The number of carbonyl (C=O) groups is 1. The number of amides is 2. The van der Waals surface area contributed by atoms with Crippen LogP contribution in [0.4, 0.5) is 10.5 Å². The lowest BCUT2D eigenvalue weighted by Gasteiger charge is -2.27. The molecule has 0 unspecified atom stereocenters. The summed E-state index contributed by atoms with van der Waals surface area (Å²) in [6.07, 6.45) is 0. The third kappa shape index (κ3) is 3.61. The number of para-hydroxylation sites is 1. The van der Waals surface area contributed by atoms with Gasteiger partial charge in [0.25, 0.3) is 0 Å². The first kappa shape index (κ1) is 15.7. The first-order valence-electron chi connectivity index (χ1n) is 7.07. The second kappa shape index (κ2) is 6.95. The minimum absolute atomic E-state index is 0.100. The summed E-state index contributed by atoms with van der Waals surface area (Å²) < 4.78 is 0. The number of anilines is 1. The second-order valence-corrected chi connectivity index (χ2v) is 6.75. The lowest BCUT2D eigenvalue weighted by atomic mass is 9.94. The molecule has 6 heteroatoms. The highest BCUT2D eigenvalue weighted by Crippen LogP contribution is 2.33. The van der Waals surface area contributed by atoms with Gasteiger partial charge in [0.05, 0.1) is 6.54 Å². The van der Waals surface area contributed by atoms with Gasteiger partial charge in [-0.25, -0.2) is 4.79 Å². The van der Waals surface area contributed by atoms with E-state index in [0.29, 0.717) is 5.69 Å². The molecule has 0 saturated heterocycles. The van der Waals surface area contributed by atoms with Crippen LogP contribution in [0.25, 0.3) is 0 Å². The Bertz CT molecular complexity index is 706. The molecule has 2 heterocycles. The molecule has 2 amide bonds. The summed E-state index contributed by atoms with van der Waals surface area (Å²) in [4.78, 5) is 12.9. The van der Waals surface area contributed by atoms with Gasteiger partial charge in [0.2, 0.25) is 0 Å². The van der Waals surface area contributed by atoms with E-state index in [0.717, 1.165) is 10.4 Å². The van der Waals surface area contributed by atoms with Crippen LogP contribution in [-0.4, -0.2) is 17.7 Å². The van der Waals surface area contributed by atoms with Gasteiger partial charge in [0, 0.05) is 16.1 Å². The third-order valence-corrected chi connectivity index (χ3v) is 5.17. The van der Waals surface area contributed by atoms with Gasteiger partial charge in [0.15, 0.2) is 0 Å². The van der Waals surface area contributed by atoms with Crippen molar-refractivity contribution < 1.29 is 9.90 Å². The summed E-state index contributed by atoms with van der Waals surface area (Å²) in [5, 5.41) is 22.4. The minimum Gasteiger partial charge on any atom is -0.378 e. The van der Waals surface area contributed by atoms with E-state index in [1.165, 1.54) is 22.7 Å². The average Bonchev–Trinajstić information content (AvgIpc) is 3.27. The van der Waals surface area contributed by atoms with E-state index < -0.39 is 5.60 Å². The van der Waals surface area contributed by atoms with Crippen LogP contribution < -0.4 is 10.6 Å². The maximum absolute atomic E-state index is 12.1.